The summed E-state index contributed by atoms with van der Waals surface area (Å²) in [5, 5.41) is 0. The summed E-state index contributed by atoms with van der Waals surface area (Å²) >= 11 is 0. The van der Waals surface area contributed by atoms with Crippen LogP contribution >= 0.6 is 0 Å². The van der Waals surface area contributed by atoms with Gasteiger partial charge in [-0.3, -0.25) is 0 Å². The lowest BCUT2D eigenvalue weighted by atomic mass is 9.61. The Morgan fingerprint density at radius 1 is 0.600 bits per heavy atom. The van der Waals surface area contributed by atoms with Crippen LogP contribution in [-0.2, 0) is 29.3 Å². The van der Waals surface area contributed by atoms with Crippen LogP contribution in [0.2, 0.25) is 0 Å². The molecule has 0 bridgehead atoms. The maximum Gasteiger partial charge on any atom is 0.270 e. The molecule has 1 fully saturated rings. The summed E-state index contributed by atoms with van der Waals surface area (Å²) in [6, 6.07) is 0. The lowest BCUT2D eigenvalue weighted by Gasteiger charge is -2.50. The smallest absolute Gasteiger partial charge is 0.230 e. The van der Waals surface area contributed by atoms with Gasteiger partial charge in [0.05, 0.1) is 16.8 Å². The van der Waals surface area contributed by atoms with Crippen LogP contribution in [0.15, 0.2) is 0 Å². The molecule has 0 amide bonds. The third kappa shape index (κ3) is 6.88. The summed E-state index contributed by atoms with van der Waals surface area (Å²) in [6.07, 6.45) is 0.640. The van der Waals surface area contributed by atoms with E-state index in [1.54, 1.807) is 0 Å². The minimum atomic E-state index is -0.954. The SMILES string of the molecule is CC(C)(C)OOC(C)(C)CC(C(C)(C)C)C(C)(OOC(C)(C)C)C1(C(C)(C)C)OO1. The van der Waals surface area contributed by atoms with E-state index >= 15 is 0 Å². The molecule has 30 heavy (non-hydrogen) atoms. The van der Waals surface area contributed by atoms with Crippen LogP contribution < -0.4 is 0 Å². The Balaban J connectivity index is 3.39. The fourth-order valence-electron chi connectivity index (χ4n) is 3.85. The first kappa shape index (κ1) is 27.8. The summed E-state index contributed by atoms with van der Waals surface area (Å²) in [5.41, 5.74) is -2.91. The molecule has 0 aromatic heterocycles. The second-order valence-electron chi connectivity index (χ2n) is 13.6. The molecule has 2 atom stereocenters. The Labute approximate surface area is 185 Å². The molecule has 0 saturated carbocycles. The monoisotopic (exact) mass is 432 g/mol. The summed E-state index contributed by atoms with van der Waals surface area (Å²) in [4.78, 5) is 35.2. The number of hydrogen-bond donors (Lipinski definition) is 0. The molecule has 0 radical (unpaired) electrons. The second kappa shape index (κ2) is 8.27. The number of hydrogen-bond acceptors (Lipinski definition) is 6. The van der Waals surface area contributed by atoms with Crippen LogP contribution in [0.25, 0.3) is 0 Å². The lowest BCUT2D eigenvalue weighted by Crippen LogP contribution is -2.61. The fourth-order valence-corrected chi connectivity index (χ4v) is 3.85. The number of rotatable bonds is 8. The van der Waals surface area contributed by atoms with Gasteiger partial charge in [-0.05, 0) is 74.1 Å². The van der Waals surface area contributed by atoms with Gasteiger partial charge < -0.3 is 0 Å². The molecule has 180 valence electrons. The largest absolute Gasteiger partial charge is 0.270 e. The molecule has 1 aliphatic heterocycles. The van der Waals surface area contributed by atoms with Crippen molar-refractivity contribution >= 4 is 0 Å². The Morgan fingerprint density at radius 2 is 1.00 bits per heavy atom. The Kier molecular flexibility index (Phi) is 7.66. The average Bonchev–Trinajstić information content (AvgIpc) is 3.28. The highest BCUT2D eigenvalue weighted by atomic mass is 17.4. The highest BCUT2D eigenvalue weighted by Crippen LogP contribution is 2.61. The molecule has 6 nitrogen and oxygen atoms in total. The van der Waals surface area contributed by atoms with Gasteiger partial charge in [-0.15, -0.1) is 0 Å². The molecular weight excluding hydrogens is 384 g/mol. The minimum Gasteiger partial charge on any atom is -0.230 e. The van der Waals surface area contributed by atoms with Gasteiger partial charge in [0.1, 0.15) is 0 Å². The first-order valence-electron chi connectivity index (χ1n) is 11.1. The fraction of sp³-hybridized carbons (Fsp3) is 1.00. The topological polar surface area (TPSA) is 62.0 Å². The van der Waals surface area contributed by atoms with E-state index in [-0.39, 0.29) is 16.7 Å². The van der Waals surface area contributed by atoms with Crippen LogP contribution in [0.4, 0.5) is 0 Å². The van der Waals surface area contributed by atoms with E-state index in [9.17, 15) is 0 Å². The lowest BCUT2D eigenvalue weighted by molar-refractivity contribution is -0.440. The molecule has 1 rings (SSSR count). The van der Waals surface area contributed by atoms with Crippen molar-refractivity contribution in [3.05, 3.63) is 0 Å². The predicted molar refractivity (Wildman–Crippen MR) is 118 cm³/mol. The summed E-state index contributed by atoms with van der Waals surface area (Å²) in [7, 11) is 0. The first-order chi connectivity index (χ1) is 13.0. The Bertz CT molecular complexity index is 566. The molecule has 6 heteroatoms. The first-order valence-corrected chi connectivity index (χ1v) is 11.1. The van der Waals surface area contributed by atoms with Crippen molar-refractivity contribution in [2.45, 2.75) is 138 Å². The Hall–Kier alpha value is -0.240. The average molecular weight is 433 g/mol. The van der Waals surface area contributed by atoms with Crippen LogP contribution in [-0.4, -0.2) is 28.2 Å². The van der Waals surface area contributed by atoms with Crippen LogP contribution in [0.1, 0.15) is 110 Å². The van der Waals surface area contributed by atoms with Crippen molar-refractivity contribution in [1.29, 1.82) is 0 Å². The zero-order chi connectivity index (χ0) is 24.0. The third-order valence-corrected chi connectivity index (χ3v) is 5.28. The molecular formula is C24H48O6. The van der Waals surface area contributed by atoms with Crippen molar-refractivity contribution in [1.82, 2.24) is 0 Å². The maximum atomic E-state index is 6.28. The van der Waals surface area contributed by atoms with Crippen molar-refractivity contribution < 1.29 is 29.3 Å². The van der Waals surface area contributed by atoms with E-state index in [1.165, 1.54) is 0 Å². The quantitative estimate of drug-likeness (QED) is 0.239. The predicted octanol–water partition coefficient (Wildman–Crippen LogP) is 6.77. The zero-order valence-electron chi connectivity index (χ0n) is 22.2. The summed E-state index contributed by atoms with van der Waals surface area (Å²) in [5.74, 6) is -1.02. The van der Waals surface area contributed by atoms with Gasteiger partial charge in [-0.25, -0.2) is 19.6 Å². The van der Waals surface area contributed by atoms with Crippen molar-refractivity contribution in [2.75, 3.05) is 0 Å². The van der Waals surface area contributed by atoms with Crippen LogP contribution in [0.3, 0.4) is 0 Å². The molecule has 0 N–H and O–H groups in total. The van der Waals surface area contributed by atoms with Gasteiger partial charge in [0.25, 0.3) is 5.79 Å². The normalized spacial score (nSPS) is 21.3. The highest BCUT2D eigenvalue weighted by molar-refractivity contribution is 5.09. The molecule has 2 unspecified atom stereocenters. The van der Waals surface area contributed by atoms with Crippen LogP contribution in [0.5, 0.6) is 0 Å². The van der Waals surface area contributed by atoms with Crippen molar-refractivity contribution in [2.24, 2.45) is 16.7 Å². The summed E-state index contributed by atoms with van der Waals surface area (Å²) in [6.45, 7) is 30.7. The third-order valence-electron chi connectivity index (χ3n) is 5.28. The van der Waals surface area contributed by atoms with Gasteiger partial charge in [0.15, 0.2) is 5.60 Å². The van der Waals surface area contributed by atoms with Gasteiger partial charge in [0, 0.05) is 11.3 Å². The van der Waals surface area contributed by atoms with E-state index in [1.807, 2.05) is 62.3 Å². The molecule has 0 spiro atoms. The maximum absolute atomic E-state index is 6.28. The van der Waals surface area contributed by atoms with E-state index in [0.717, 1.165) is 0 Å². The van der Waals surface area contributed by atoms with Crippen molar-refractivity contribution in [3.8, 4) is 0 Å². The molecule has 0 aromatic carbocycles. The van der Waals surface area contributed by atoms with Gasteiger partial charge in [-0.2, -0.15) is 9.78 Å². The molecule has 1 saturated heterocycles. The van der Waals surface area contributed by atoms with Crippen LogP contribution in [0, 0.1) is 16.7 Å². The zero-order valence-corrected chi connectivity index (χ0v) is 22.2. The van der Waals surface area contributed by atoms with E-state index in [2.05, 4.69) is 41.5 Å². The molecule has 1 heterocycles. The van der Waals surface area contributed by atoms with E-state index in [4.69, 9.17) is 29.3 Å². The second-order valence-corrected chi connectivity index (χ2v) is 13.6. The molecule has 0 aliphatic carbocycles. The van der Waals surface area contributed by atoms with Gasteiger partial charge in [0.2, 0.25) is 0 Å². The van der Waals surface area contributed by atoms with E-state index < -0.39 is 28.2 Å². The molecule has 1 aliphatic rings. The summed E-state index contributed by atoms with van der Waals surface area (Å²) < 4.78 is 0. The highest BCUT2D eigenvalue weighted by Gasteiger charge is 2.75. The van der Waals surface area contributed by atoms with Gasteiger partial charge >= 0.3 is 0 Å². The Morgan fingerprint density at radius 3 is 1.30 bits per heavy atom. The minimum absolute atomic E-state index is 0.0624. The van der Waals surface area contributed by atoms with Crippen molar-refractivity contribution in [3.63, 3.8) is 0 Å². The molecule has 0 aromatic rings. The van der Waals surface area contributed by atoms with Gasteiger partial charge in [-0.1, -0.05) is 41.5 Å². The standard InChI is InChI=1S/C24H48O6/c1-18(2,3)17(16-22(13,14)27-25-20(7,8)9)23(15,28-26-21(10,11)12)24(29-30-24)19(4,5)6/h17H,16H2,1-15H3. The van der Waals surface area contributed by atoms with E-state index in [0.29, 0.717) is 6.42 Å².